The summed E-state index contributed by atoms with van der Waals surface area (Å²) in [6.07, 6.45) is 0. The minimum Gasteiger partial charge on any atom is -0.451 e. The van der Waals surface area contributed by atoms with Crippen molar-refractivity contribution in [2.75, 3.05) is 31.6 Å². The SMILES string of the molecule is CNC(=O)C(NC(=O)c1ccc(-c2ccc3cc(C(=O)N4CCS(=O)(=O)CC4)[nH]c3c2)o1)C(C)C. The summed E-state index contributed by atoms with van der Waals surface area (Å²) >= 11 is 0. The molecule has 0 bridgehead atoms. The monoisotopic (exact) mass is 500 g/mol. The van der Waals surface area contributed by atoms with Gasteiger partial charge in [0.2, 0.25) is 5.91 Å². The Morgan fingerprint density at radius 3 is 2.43 bits per heavy atom. The third kappa shape index (κ3) is 5.24. The number of sulfone groups is 1. The van der Waals surface area contributed by atoms with Crippen LogP contribution in [-0.2, 0) is 14.6 Å². The van der Waals surface area contributed by atoms with Crippen LogP contribution >= 0.6 is 0 Å². The lowest BCUT2D eigenvalue weighted by Gasteiger charge is -2.26. The normalized spacial score (nSPS) is 16.3. The zero-order valence-corrected chi connectivity index (χ0v) is 20.6. The number of benzene rings is 1. The summed E-state index contributed by atoms with van der Waals surface area (Å²) in [5, 5.41) is 6.06. The van der Waals surface area contributed by atoms with E-state index in [9.17, 15) is 22.8 Å². The maximum Gasteiger partial charge on any atom is 0.287 e. The van der Waals surface area contributed by atoms with Crippen LogP contribution in [0.5, 0.6) is 0 Å². The van der Waals surface area contributed by atoms with Crippen molar-refractivity contribution < 1.29 is 27.2 Å². The van der Waals surface area contributed by atoms with Gasteiger partial charge in [0.15, 0.2) is 15.6 Å². The first-order chi connectivity index (χ1) is 16.6. The van der Waals surface area contributed by atoms with Gasteiger partial charge in [-0.1, -0.05) is 26.0 Å². The molecule has 1 fully saturated rings. The van der Waals surface area contributed by atoms with Gasteiger partial charge in [0.25, 0.3) is 11.8 Å². The van der Waals surface area contributed by atoms with Gasteiger partial charge in [-0.15, -0.1) is 0 Å². The predicted molar refractivity (Wildman–Crippen MR) is 131 cm³/mol. The quantitative estimate of drug-likeness (QED) is 0.471. The summed E-state index contributed by atoms with van der Waals surface area (Å²) in [6.45, 7) is 4.03. The maximum absolute atomic E-state index is 12.8. The van der Waals surface area contributed by atoms with E-state index < -0.39 is 21.8 Å². The first kappa shape index (κ1) is 24.5. The minimum atomic E-state index is -3.08. The number of hydrogen-bond acceptors (Lipinski definition) is 6. The number of nitrogens with zero attached hydrogens (tertiary/aromatic N) is 1. The molecule has 1 aliphatic heterocycles. The molecule has 2 aromatic heterocycles. The van der Waals surface area contributed by atoms with Gasteiger partial charge in [0.1, 0.15) is 17.5 Å². The topological polar surface area (TPSA) is 142 Å². The number of H-pyrrole nitrogens is 1. The Balaban J connectivity index is 1.51. The van der Waals surface area contributed by atoms with Gasteiger partial charge in [0.05, 0.1) is 11.5 Å². The highest BCUT2D eigenvalue weighted by molar-refractivity contribution is 7.91. The molecule has 3 aromatic rings. The van der Waals surface area contributed by atoms with Crippen LogP contribution in [0.4, 0.5) is 0 Å². The number of nitrogens with one attached hydrogen (secondary N) is 3. The molecule has 3 amide bonds. The van der Waals surface area contributed by atoms with Crippen LogP contribution in [0.2, 0.25) is 0 Å². The summed E-state index contributed by atoms with van der Waals surface area (Å²) in [4.78, 5) is 42.1. The van der Waals surface area contributed by atoms with Crippen molar-refractivity contribution in [2.24, 2.45) is 5.92 Å². The maximum atomic E-state index is 12.8. The second-order valence-electron chi connectivity index (χ2n) is 8.90. The lowest BCUT2D eigenvalue weighted by atomic mass is 10.0. The average molecular weight is 501 g/mol. The molecule has 1 aliphatic rings. The number of carbonyl (C=O) groups excluding carboxylic acids is 3. The largest absolute Gasteiger partial charge is 0.451 e. The molecule has 35 heavy (non-hydrogen) atoms. The number of furan rings is 1. The number of hydrogen-bond donors (Lipinski definition) is 3. The number of fused-ring (bicyclic) bond motifs is 1. The zero-order chi connectivity index (χ0) is 25.3. The van der Waals surface area contributed by atoms with Crippen LogP contribution in [0.15, 0.2) is 40.8 Å². The third-order valence-electron chi connectivity index (χ3n) is 6.08. The van der Waals surface area contributed by atoms with Crippen LogP contribution in [-0.4, -0.2) is 73.7 Å². The van der Waals surface area contributed by atoms with Crippen molar-refractivity contribution in [3.63, 3.8) is 0 Å². The summed E-state index contributed by atoms with van der Waals surface area (Å²) in [5.74, 6) is -0.638. The van der Waals surface area contributed by atoms with Crippen molar-refractivity contribution in [2.45, 2.75) is 19.9 Å². The van der Waals surface area contributed by atoms with Crippen LogP contribution in [0.1, 0.15) is 34.9 Å². The fourth-order valence-electron chi connectivity index (χ4n) is 4.00. The second-order valence-corrected chi connectivity index (χ2v) is 11.2. The summed E-state index contributed by atoms with van der Waals surface area (Å²) in [7, 11) is -1.56. The van der Waals surface area contributed by atoms with E-state index in [0.29, 0.717) is 22.5 Å². The molecule has 11 heteroatoms. The van der Waals surface area contributed by atoms with Gasteiger partial charge in [-0.2, -0.15) is 0 Å². The van der Waals surface area contributed by atoms with Gasteiger partial charge in [-0.05, 0) is 30.2 Å². The highest BCUT2D eigenvalue weighted by Crippen LogP contribution is 2.27. The Hall–Kier alpha value is -3.60. The van der Waals surface area contributed by atoms with Crippen LogP contribution < -0.4 is 10.6 Å². The fourth-order valence-corrected chi connectivity index (χ4v) is 5.20. The molecule has 10 nitrogen and oxygen atoms in total. The number of aromatic amines is 1. The van der Waals surface area contributed by atoms with Crippen LogP contribution in [0.25, 0.3) is 22.2 Å². The highest BCUT2D eigenvalue weighted by atomic mass is 32.2. The lowest BCUT2D eigenvalue weighted by molar-refractivity contribution is -0.123. The van der Waals surface area contributed by atoms with Crippen molar-refractivity contribution in [1.29, 1.82) is 0 Å². The molecule has 3 N–H and O–H groups in total. The van der Waals surface area contributed by atoms with E-state index in [0.717, 1.165) is 5.39 Å². The molecule has 1 atom stereocenters. The first-order valence-corrected chi connectivity index (χ1v) is 13.2. The Bertz CT molecular complexity index is 1370. The highest BCUT2D eigenvalue weighted by Gasteiger charge is 2.27. The van der Waals surface area contributed by atoms with Gasteiger partial charge in [-0.25, -0.2) is 8.42 Å². The van der Waals surface area contributed by atoms with Gasteiger partial charge in [0, 0.05) is 36.6 Å². The summed E-state index contributed by atoms with van der Waals surface area (Å²) < 4.78 is 29.0. The van der Waals surface area contributed by atoms with E-state index >= 15 is 0 Å². The van der Waals surface area contributed by atoms with E-state index in [-0.39, 0.29) is 48.1 Å². The van der Waals surface area contributed by atoms with Gasteiger partial charge >= 0.3 is 0 Å². The summed E-state index contributed by atoms with van der Waals surface area (Å²) in [6, 6.07) is 9.73. The molecule has 0 saturated carbocycles. The molecule has 0 aliphatic carbocycles. The standard InChI is InChI=1S/C24H28N4O6S/c1-14(2)21(23(30)25-3)27-22(29)20-7-6-19(34-20)16-5-4-15-12-18(26-17(15)13-16)24(31)28-8-10-35(32,33)11-9-28/h4-7,12-14,21,26H,8-11H2,1-3H3,(H,25,30)(H,27,29). The number of likely N-dealkylation sites (N-methyl/N-ethyl adjacent to an activating group) is 1. The number of amides is 3. The third-order valence-corrected chi connectivity index (χ3v) is 7.69. The van der Waals surface area contributed by atoms with E-state index in [4.69, 9.17) is 4.42 Å². The predicted octanol–water partition coefficient (Wildman–Crippen LogP) is 1.80. The van der Waals surface area contributed by atoms with E-state index in [1.54, 1.807) is 18.2 Å². The Morgan fingerprint density at radius 1 is 1.06 bits per heavy atom. The Kier molecular flexibility index (Phi) is 6.70. The first-order valence-electron chi connectivity index (χ1n) is 11.3. The second kappa shape index (κ2) is 9.57. The molecule has 1 unspecified atom stereocenters. The zero-order valence-electron chi connectivity index (χ0n) is 19.8. The molecule has 0 spiro atoms. The smallest absolute Gasteiger partial charge is 0.287 e. The van der Waals surface area contributed by atoms with Crippen molar-refractivity contribution in [1.82, 2.24) is 20.5 Å². The van der Waals surface area contributed by atoms with E-state index in [1.165, 1.54) is 11.9 Å². The van der Waals surface area contributed by atoms with Crippen molar-refractivity contribution >= 4 is 38.5 Å². The number of rotatable bonds is 6. The lowest BCUT2D eigenvalue weighted by Crippen LogP contribution is -2.48. The van der Waals surface area contributed by atoms with E-state index in [2.05, 4.69) is 15.6 Å². The van der Waals surface area contributed by atoms with Gasteiger partial charge in [-0.3, -0.25) is 14.4 Å². The molecule has 186 valence electrons. The minimum absolute atomic E-state index is 0.0292. The summed E-state index contributed by atoms with van der Waals surface area (Å²) in [5.41, 5.74) is 1.79. The molecular weight excluding hydrogens is 472 g/mol. The van der Waals surface area contributed by atoms with Crippen molar-refractivity contribution in [3.8, 4) is 11.3 Å². The van der Waals surface area contributed by atoms with Crippen LogP contribution in [0.3, 0.4) is 0 Å². The van der Waals surface area contributed by atoms with Crippen LogP contribution in [0, 0.1) is 5.92 Å². The molecule has 3 heterocycles. The molecule has 4 rings (SSSR count). The molecule has 0 radical (unpaired) electrons. The Labute approximate surface area is 203 Å². The molecule has 1 saturated heterocycles. The Morgan fingerprint density at radius 2 is 1.77 bits per heavy atom. The average Bonchev–Trinajstić information content (AvgIpc) is 3.48. The molecule has 1 aromatic carbocycles. The van der Waals surface area contributed by atoms with Crippen molar-refractivity contribution in [3.05, 3.63) is 47.9 Å². The van der Waals surface area contributed by atoms with E-state index in [1.807, 2.05) is 32.0 Å². The fraction of sp³-hybridized carbons (Fsp3) is 0.375. The molecular formula is C24H28N4O6S. The number of aromatic nitrogens is 1. The van der Waals surface area contributed by atoms with Gasteiger partial charge < -0.3 is 24.9 Å². The number of carbonyl (C=O) groups is 3.